The Bertz CT molecular complexity index is 515. The molecule has 0 radical (unpaired) electrons. The highest BCUT2D eigenvalue weighted by atomic mass is 79.9. The van der Waals surface area contributed by atoms with Gasteiger partial charge in [0, 0.05) is 7.05 Å². The molecule has 0 atom stereocenters. The van der Waals surface area contributed by atoms with Crippen LogP contribution in [0.2, 0.25) is 0 Å². The van der Waals surface area contributed by atoms with Gasteiger partial charge in [0.15, 0.2) is 5.76 Å². The van der Waals surface area contributed by atoms with Crippen LogP contribution < -0.4 is 5.73 Å². The second-order valence-corrected chi connectivity index (χ2v) is 3.85. The van der Waals surface area contributed by atoms with Gasteiger partial charge >= 0.3 is 0 Å². The second-order valence-electron chi connectivity index (χ2n) is 2.99. The lowest BCUT2D eigenvalue weighted by molar-refractivity contribution is 0.101. The predicted molar refractivity (Wildman–Crippen MR) is 57.5 cm³/mol. The number of nitrogens with zero attached hydrogens (tertiary/aromatic N) is 2. The van der Waals surface area contributed by atoms with Crippen molar-refractivity contribution in [1.82, 2.24) is 9.78 Å². The maximum absolute atomic E-state index is 11.9. The third kappa shape index (κ3) is 1.56. The molecule has 0 amide bonds. The Morgan fingerprint density at radius 3 is 2.87 bits per heavy atom. The normalized spacial score (nSPS) is 10.5. The van der Waals surface area contributed by atoms with Crippen molar-refractivity contribution in [2.75, 3.05) is 5.73 Å². The number of hydrogen-bond donors (Lipinski definition) is 1. The number of anilines is 1. The average molecular weight is 270 g/mol. The van der Waals surface area contributed by atoms with Crippen LogP contribution >= 0.6 is 15.9 Å². The van der Waals surface area contributed by atoms with Crippen LogP contribution in [0.25, 0.3) is 0 Å². The van der Waals surface area contributed by atoms with E-state index in [4.69, 9.17) is 10.2 Å². The monoisotopic (exact) mass is 269 g/mol. The zero-order chi connectivity index (χ0) is 11.0. The van der Waals surface area contributed by atoms with Crippen LogP contribution in [0.3, 0.4) is 0 Å². The minimum Gasteiger partial charge on any atom is -0.460 e. The van der Waals surface area contributed by atoms with Gasteiger partial charge in [-0.05, 0) is 22.0 Å². The van der Waals surface area contributed by atoms with E-state index in [1.807, 2.05) is 0 Å². The minimum absolute atomic E-state index is 0.231. The molecule has 15 heavy (non-hydrogen) atoms. The van der Waals surface area contributed by atoms with E-state index in [2.05, 4.69) is 21.0 Å². The van der Waals surface area contributed by atoms with Gasteiger partial charge in [0.05, 0.1) is 22.5 Å². The van der Waals surface area contributed by atoms with Gasteiger partial charge in [-0.15, -0.1) is 0 Å². The summed E-state index contributed by atoms with van der Waals surface area (Å²) in [4.78, 5) is 11.9. The van der Waals surface area contributed by atoms with Gasteiger partial charge in [-0.25, -0.2) is 0 Å². The maximum Gasteiger partial charge on any atom is 0.234 e. The number of ketones is 1. The predicted octanol–water partition coefficient (Wildman–Crippen LogP) is 1.59. The van der Waals surface area contributed by atoms with Crippen molar-refractivity contribution >= 4 is 27.5 Å². The summed E-state index contributed by atoms with van der Waals surface area (Å²) in [6, 6.07) is 1.65. The van der Waals surface area contributed by atoms with E-state index in [0.29, 0.717) is 15.9 Å². The Morgan fingerprint density at radius 1 is 1.67 bits per heavy atom. The molecule has 0 bridgehead atoms. The molecule has 2 heterocycles. The number of carbonyl (C=O) groups excluding carboxylic acids is 1. The van der Waals surface area contributed by atoms with Crippen LogP contribution in [0.15, 0.2) is 27.4 Å². The second kappa shape index (κ2) is 3.54. The van der Waals surface area contributed by atoms with Gasteiger partial charge in [0.25, 0.3) is 0 Å². The quantitative estimate of drug-likeness (QED) is 0.841. The molecule has 0 saturated carbocycles. The van der Waals surface area contributed by atoms with Crippen LogP contribution in [-0.2, 0) is 7.05 Å². The number of nitrogens with two attached hydrogens (primary N) is 1. The molecule has 0 aliphatic carbocycles. The number of aromatic nitrogens is 2. The third-order valence-corrected chi connectivity index (χ3v) is 2.68. The fourth-order valence-electron chi connectivity index (χ4n) is 1.20. The summed E-state index contributed by atoms with van der Waals surface area (Å²) in [5, 5.41) is 3.89. The summed E-state index contributed by atoms with van der Waals surface area (Å²) in [5.74, 6) is 0.274. The molecule has 5 nitrogen and oxygen atoms in total. The van der Waals surface area contributed by atoms with Crippen molar-refractivity contribution in [3.8, 4) is 0 Å². The van der Waals surface area contributed by atoms with E-state index in [0.717, 1.165) is 0 Å². The van der Waals surface area contributed by atoms with Crippen LogP contribution in [0.5, 0.6) is 0 Å². The summed E-state index contributed by atoms with van der Waals surface area (Å²) in [7, 11) is 1.67. The fraction of sp³-hybridized carbons (Fsp3) is 0.111. The molecule has 2 aromatic heterocycles. The Balaban J connectivity index is 2.46. The highest BCUT2D eigenvalue weighted by Crippen LogP contribution is 2.23. The number of aryl methyl sites for hydroxylation is 1. The van der Waals surface area contributed by atoms with Gasteiger partial charge in [-0.1, -0.05) is 0 Å². The van der Waals surface area contributed by atoms with E-state index < -0.39 is 0 Å². The smallest absolute Gasteiger partial charge is 0.234 e. The van der Waals surface area contributed by atoms with Crippen molar-refractivity contribution < 1.29 is 9.21 Å². The van der Waals surface area contributed by atoms with Crippen molar-refractivity contribution in [2.45, 2.75) is 0 Å². The van der Waals surface area contributed by atoms with E-state index in [-0.39, 0.29) is 11.5 Å². The summed E-state index contributed by atoms with van der Waals surface area (Å²) in [6.07, 6.45) is 2.86. The van der Waals surface area contributed by atoms with Gasteiger partial charge in [-0.3, -0.25) is 9.48 Å². The van der Waals surface area contributed by atoms with Crippen LogP contribution in [0.1, 0.15) is 16.1 Å². The number of carbonyl (C=O) groups is 1. The third-order valence-electron chi connectivity index (χ3n) is 2.05. The molecule has 2 aromatic rings. The number of hydrogen-bond acceptors (Lipinski definition) is 4. The Morgan fingerprint density at radius 2 is 2.40 bits per heavy atom. The number of nitrogen functional groups attached to an aromatic ring is 1. The molecule has 0 aliphatic rings. The van der Waals surface area contributed by atoms with Crippen LogP contribution in [-0.4, -0.2) is 15.6 Å². The molecule has 2 rings (SSSR count). The zero-order valence-corrected chi connectivity index (χ0v) is 9.48. The highest BCUT2D eigenvalue weighted by Gasteiger charge is 2.20. The van der Waals surface area contributed by atoms with Gasteiger partial charge in [-0.2, -0.15) is 5.10 Å². The maximum atomic E-state index is 11.9. The van der Waals surface area contributed by atoms with Crippen molar-refractivity contribution in [3.63, 3.8) is 0 Å². The van der Waals surface area contributed by atoms with E-state index in [1.54, 1.807) is 13.1 Å². The first-order chi connectivity index (χ1) is 7.11. The molecule has 0 unspecified atom stereocenters. The van der Waals surface area contributed by atoms with E-state index in [9.17, 15) is 4.79 Å². The molecular formula is C9H8BrN3O2. The first kappa shape index (κ1) is 9.97. The molecule has 0 aromatic carbocycles. The largest absolute Gasteiger partial charge is 0.460 e. The van der Waals surface area contributed by atoms with Crippen molar-refractivity contribution in [1.29, 1.82) is 0 Å². The van der Waals surface area contributed by atoms with Crippen LogP contribution in [0.4, 0.5) is 5.82 Å². The summed E-state index contributed by atoms with van der Waals surface area (Å²) in [6.45, 7) is 0. The fourth-order valence-corrected chi connectivity index (χ4v) is 1.58. The minimum atomic E-state index is -0.280. The van der Waals surface area contributed by atoms with Crippen LogP contribution in [0, 0.1) is 0 Å². The van der Waals surface area contributed by atoms with Gasteiger partial charge in [0.1, 0.15) is 5.82 Å². The molecular weight excluding hydrogens is 262 g/mol. The summed E-state index contributed by atoms with van der Waals surface area (Å²) < 4.78 is 7.10. The molecule has 0 aliphatic heterocycles. The molecule has 78 valence electrons. The topological polar surface area (TPSA) is 74.0 Å². The lowest BCUT2D eigenvalue weighted by Gasteiger charge is -1.97. The highest BCUT2D eigenvalue weighted by molar-refractivity contribution is 9.10. The van der Waals surface area contributed by atoms with E-state index in [1.165, 1.54) is 17.1 Å². The SMILES string of the molecule is Cn1ncc(C(=O)c2occc2Br)c1N. The average Bonchev–Trinajstić information content (AvgIpc) is 2.75. The van der Waals surface area contributed by atoms with Gasteiger partial charge in [0.2, 0.25) is 5.78 Å². The first-order valence-corrected chi connectivity index (χ1v) is 4.95. The van der Waals surface area contributed by atoms with Crippen molar-refractivity contribution in [2.24, 2.45) is 7.05 Å². The number of rotatable bonds is 2. The molecule has 0 saturated heterocycles. The standard InChI is InChI=1S/C9H8BrN3O2/c1-13-9(11)5(4-12-13)7(14)8-6(10)2-3-15-8/h2-4H,11H2,1H3. The number of halogens is 1. The Labute approximate surface area is 94.0 Å². The summed E-state index contributed by atoms with van der Waals surface area (Å²) >= 11 is 3.21. The van der Waals surface area contributed by atoms with Gasteiger partial charge < -0.3 is 10.2 Å². The lowest BCUT2D eigenvalue weighted by atomic mass is 10.2. The Hall–Kier alpha value is -1.56. The summed E-state index contributed by atoms with van der Waals surface area (Å²) in [5.41, 5.74) is 6.02. The van der Waals surface area contributed by atoms with E-state index >= 15 is 0 Å². The zero-order valence-electron chi connectivity index (χ0n) is 7.90. The van der Waals surface area contributed by atoms with Crippen molar-refractivity contribution in [3.05, 3.63) is 34.3 Å². The molecule has 2 N–H and O–H groups in total. The molecule has 0 fully saturated rings. The first-order valence-electron chi connectivity index (χ1n) is 4.16. The molecule has 0 spiro atoms. The number of furan rings is 1. The Kier molecular flexibility index (Phi) is 2.36. The lowest BCUT2D eigenvalue weighted by Crippen LogP contribution is -2.05. The molecule has 6 heteroatoms.